The number of benzene rings is 1. The van der Waals surface area contributed by atoms with Gasteiger partial charge in [-0.1, -0.05) is 91.0 Å². The highest BCUT2D eigenvalue weighted by Gasteiger charge is 2.12. The van der Waals surface area contributed by atoms with Crippen molar-refractivity contribution in [1.29, 1.82) is 0 Å². The van der Waals surface area contributed by atoms with Crippen LogP contribution in [0.3, 0.4) is 0 Å². The summed E-state index contributed by atoms with van der Waals surface area (Å²) < 4.78 is 0. The van der Waals surface area contributed by atoms with Crippen molar-refractivity contribution in [3.63, 3.8) is 0 Å². The predicted molar refractivity (Wildman–Crippen MR) is 112 cm³/mol. The first-order chi connectivity index (χ1) is 12.2. The maximum atomic E-state index is 10.4. The second kappa shape index (κ2) is 14.2. The number of phenols is 1. The van der Waals surface area contributed by atoms with Crippen LogP contribution < -0.4 is 0 Å². The summed E-state index contributed by atoms with van der Waals surface area (Å²) in [7, 11) is 0. The Hall–Kier alpha value is -0.980. The third kappa shape index (κ3) is 8.79. The quantitative estimate of drug-likeness (QED) is 0.322. The zero-order valence-electron chi connectivity index (χ0n) is 17.2. The zero-order chi connectivity index (χ0) is 18.3. The van der Waals surface area contributed by atoms with E-state index < -0.39 is 0 Å². The van der Waals surface area contributed by atoms with Crippen molar-refractivity contribution in [3.05, 3.63) is 28.8 Å². The van der Waals surface area contributed by atoms with Crippen molar-refractivity contribution < 1.29 is 5.11 Å². The summed E-state index contributed by atoms with van der Waals surface area (Å²) in [5.74, 6) is 0.534. The minimum absolute atomic E-state index is 0.534. The van der Waals surface area contributed by atoms with E-state index in [0.717, 1.165) is 19.3 Å². The van der Waals surface area contributed by atoms with Gasteiger partial charge in [-0.3, -0.25) is 0 Å². The number of aryl methyl sites for hydroxylation is 1. The number of unbranched alkanes of at least 4 members (excludes halogenated alkanes) is 10. The van der Waals surface area contributed by atoms with Gasteiger partial charge in [0.1, 0.15) is 5.75 Å². The van der Waals surface area contributed by atoms with Gasteiger partial charge >= 0.3 is 0 Å². The molecule has 1 heteroatoms. The van der Waals surface area contributed by atoms with E-state index in [1.807, 2.05) is 6.07 Å². The lowest BCUT2D eigenvalue weighted by atomic mass is 9.90. The van der Waals surface area contributed by atoms with Crippen molar-refractivity contribution in [2.24, 2.45) is 0 Å². The molecule has 0 aromatic heterocycles. The van der Waals surface area contributed by atoms with Gasteiger partial charge in [-0.15, -0.1) is 0 Å². The van der Waals surface area contributed by atoms with Gasteiger partial charge in [0.15, 0.2) is 0 Å². The Balaban J connectivity index is 2.54. The fourth-order valence-electron chi connectivity index (χ4n) is 3.81. The third-order valence-corrected chi connectivity index (χ3v) is 5.45. The molecule has 0 aliphatic heterocycles. The Bertz CT molecular complexity index is 450. The summed E-state index contributed by atoms with van der Waals surface area (Å²) in [6.07, 6.45) is 19.2. The summed E-state index contributed by atoms with van der Waals surface area (Å²) in [5, 5.41) is 10.4. The largest absolute Gasteiger partial charge is 0.508 e. The summed E-state index contributed by atoms with van der Waals surface area (Å²) in [6.45, 7) is 6.78. The normalized spacial score (nSPS) is 11.2. The van der Waals surface area contributed by atoms with E-state index >= 15 is 0 Å². The molecule has 25 heavy (non-hydrogen) atoms. The molecule has 1 aromatic rings. The van der Waals surface area contributed by atoms with E-state index in [1.165, 1.54) is 93.7 Å². The topological polar surface area (TPSA) is 20.2 Å². The van der Waals surface area contributed by atoms with Crippen LogP contribution in [0.5, 0.6) is 5.75 Å². The standard InChI is InChI=1S/C24H42O/c1-4-7-9-11-12-14-16-18-23-22(17-15-13-10-8-5-2)21(6-3)19-20-24(23)25/h19-20,25H,4-18H2,1-3H3. The highest BCUT2D eigenvalue weighted by molar-refractivity contribution is 5.44. The molecule has 0 atom stereocenters. The summed E-state index contributed by atoms with van der Waals surface area (Å²) in [6, 6.07) is 4.07. The molecule has 0 heterocycles. The van der Waals surface area contributed by atoms with Gasteiger partial charge in [0.25, 0.3) is 0 Å². The van der Waals surface area contributed by atoms with Crippen molar-refractivity contribution in [1.82, 2.24) is 0 Å². The van der Waals surface area contributed by atoms with E-state index in [4.69, 9.17) is 0 Å². The number of hydrogen-bond acceptors (Lipinski definition) is 1. The molecule has 0 aliphatic rings. The Morgan fingerprint density at radius 2 is 1.08 bits per heavy atom. The molecular formula is C24H42O. The molecule has 0 unspecified atom stereocenters. The first kappa shape index (κ1) is 22.1. The average Bonchev–Trinajstić information content (AvgIpc) is 2.62. The number of rotatable bonds is 15. The van der Waals surface area contributed by atoms with E-state index in [9.17, 15) is 5.11 Å². The van der Waals surface area contributed by atoms with Gasteiger partial charge < -0.3 is 5.11 Å². The average molecular weight is 347 g/mol. The number of aromatic hydroxyl groups is 1. The second-order valence-corrected chi connectivity index (χ2v) is 7.59. The fraction of sp³-hybridized carbons (Fsp3) is 0.750. The van der Waals surface area contributed by atoms with Crippen molar-refractivity contribution in [3.8, 4) is 5.75 Å². The zero-order valence-corrected chi connectivity index (χ0v) is 17.2. The van der Waals surface area contributed by atoms with Crippen LogP contribution >= 0.6 is 0 Å². The summed E-state index contributed by atoms with van der Waals surface area (Å²) in [5.41, 5.74) is 4.17. The number of phenolic OH excluding ortho intramolecular Hbond substituents is 1. The lowest BCUT2D eigenvalue weighted by Gasteiger charge is -2.16. The summed E-state index contributed by atoms with van der Waals surface area (Å²) in [4.78, 5) is 0. The molecule has 0 radical (unpaired) electrons. The molecule has 144 valence electrons. The molecule has 0 aliphatic carbocycles. The van der Waals surface area contributed by atoms with Gasteiger partial charge in [0.2, 0.25) is 0 Å². The van der Waals surface area contributed by atoms with Crippen LogP contribution in [0.15, 0.2) is 12.1 Å². The smallest absolute Gasteiger partial charge is 0.119 e. The van der Waals surface area contributed by atoms with Crippen LogP contribution in [0.2, 0.25) is 0 Å². The van der Waals surface area contributed by atoms with Crippen molar-refractivity contribution >= 4 is 0 Å². The Morgan fingerprint density at radius 1 is 0.600 bits per heavy atom. The van der Waals surface area contributed by atoms with Crippen LogP contribution in [-0.4, -0.2) is 5.11 Å². The molecule has 0 fully saturated rings. The molecule has 1 aromatic carbocycles. The first-order valence-electron chi connectivity index (χ1n) is 11.1. The van der Waals surface area contributed by atoms with E-state index in [-0.39, 0.29) is 0 Å². The molecule has 0 amide bonds. The maximum absolute atomic E-state index is 10.4. The van der Waals surface area contributed by atoms with Crippen molar-refractivity contribution in [2.45, 2.75) is 117 Å². The van der Waals surface area contributed by atoms with Crippen molar-refractivity contribution in [2.75, 3.05) is 0 Å². The van der Waals surface area contributed by atoms with Gasteiger partial charge in [-0.05, 0) is 54.9 Å². The monoisotopic (exact) mass is 346 g/mol. The second-order valence-electron chi connectivity index (χ2n) is 7.59. The highest BCUT2D eigenvalue weighted by Crippen LogP contribution is 2.29. The molecule has 0 bridgehead atoms. The molecule has 0 saturated carbocycles. The van der Waals surface area contributed by atoms with Crippen LogP contribution in [-0.2, 0) is 19.3 Å². The molecule has 1 nitrogen and oxygen atoms in total. The van der Waals surface area contributed by atoms with Crippen LogP contribution in [0.4, 0.5) is 0 Å². The third-order valence-electron chi connectivity index (χ3n) is 5.45. The van der Waals surface area contributed by atoms with Crippen LogP contribution in [0.1, 0.15) is 115 Å². The Morgan fingerprint density at radius 3 is 1.60 bits per heavy atom. The molecule has 0 saturated heterocycles. The molecule has 1 N–H and O–H groups in total. The van der Waals surface area contributed by atoms with Gasteiger partial charge in [-0.25, -0.2) is 0 Å². The number of hydrogen-bond donors (Lipinski definition) is 1. The Kier molecular flexibility index (Phi) is 12.5. The first-order valence-corrected chi connectivity index (χ1v) is 11.1. The van der Waals surface area contributed by atoms with Gasteiger partial charge in [0.05, 0.1) is 0 Å². The van der Waals surface area contributed by atoms with Gasteiger partial charge in [0, 0.05) is 0 Å². The Labute approximate surface area is 157 Å². The van der Waals surface area contributed by atoms with Crippen LogP contribution in [0.25, 0.3) is 0 Å². The van der Waals surface area contributed by atoms with Gasteiger partial charge in [-0.2, -0.15) is 0 Å². The lowest BCUT2D eigenvalue weighted by Crippen LogP contribution is -2.01. The highest BCUT2D eigenvalue weighted by atomic mass is 16.3. The summed E-state index contributed by atoms with van der Waals surface area (Å²) >= 11 is 0. The van der Waals surface area contributed by atoms with E-state index in [2.05, 4.69) is 26.8 Å². The predicted octanol–water partition coefficient (Wildman–Crippen LogP) is 7.76. The van der Waals surface area contributed by atoms with E-state index in [0.29, 0.717) is 5.75 Å². The minimum Gasteiger partial charge on any atom is -0.508 e. The van der Waals surface area contributed by atoms with E-state index in [1.54, 1.807) is 0 Å². The molecule has 1 rings (SSSR count). The molecule has 0 spiro atoms. The maximum Gasteiger partial charge on any atom is 0.119 e. The van der Waals surface area contributed by atoms with Crippen LogP contribution in [0, 0.1) is 0 Å². The molecular weight excluding hydrogens is 304 g/mol. The minimum atomic E-state index is 0.534. The lowest BCUT2D eigenvalue weighted by molar-refractivity contribution is 0.463. The SMILES string of the molecule is CCCCCCCCCc1c(O)ccc(CC)c1CCCCCCC. The fourth-order valence-corrected chi connectivity index (χ4v) is 3.81.